The van der Waals surface area contributed by atoms with Crippen molar-refractivity contribution in [1.29, 1.82) is 0 Å². The second-order valence-corrected chi connectivity index (χ2v) is 7.14. The molecule has 0 heterocycles. The second kappa shape index (κ2) is 9.13. The Kier molecular flexibility index (Phi) is 6.37. The van der Waals surface area contributed by atoms with Crippen molar-refractivity contribution in [2.75, 3.05) is 21.3 Å². The largest absolute Gasteiger partial charge is 0.323 e. The molecule has 3 rings (SSSR count). The van der Waals surface area contributed by atoms with Gasteiger partial charge in [-0.3, -0.25) is 0 Å². The SMILES string of the molecule is Cc1c(C)c(NC(=O)Nc2ccccc2)c(C)c(C)c1NC(=O)Nc1ccccc1. The summed E-state index contributed by atoms with van der Waals surface area (Å²) in [5.74, 6) is 0. The number of amides is 4. The summed E-state index contributed by atoms with van der Waals surface area (Å²) in [4.78, 5) is 24.9. The first kappa shape index (κ1) is 20.9. The van der Waals surface area contributed by atoms with Crippen LogP contribution in [-0.4, -0.2) is 12.1 Å². The molecule has 0 saturated heterocycles. The van der Waals surface area contributed by atoms with Crippen molar-refractivity contribution < 1.29 is 9.59 Å². The second-order valence-electron chi connectivity index (χ2n) is 7.14. The zero-order valence-corrected chi connectivity index (χ0v) is 17.6. The van der Waals surface area contributed by atoms with Crippen molar-refractivity contribution in [1.82, 2.24) is 0 Å². The predicted molar refractivity (Wildman–Crippen MR) is 124 cm³/mol. The fraction of sp³-hybridized carbons (Fsp3) is 0.167. The van der Waals surface area contributed by atoms with Crippen molar-refractivity contribution in [2.45, 2.75) is 27.7 Å². The van der Waals surface area contributed by atoms with Crippen LogP contribution in [0.25, 0.3) is 0 Å². The molecule has 0 unspecified atom stereocenters. The van der Waals surface area contributed by atoms with Crippen LogP contribution in [0.15, 0.2) is 60.7 Å². The van der Waals surface area contributed by atoms with Crippen LogP contribution in [0.5, 0.6) is 0 Å². The smallest absolute Gasteiger partial charge is 0.308 e. The topological polar surface area (TPSA) is 82.3 Å². The minimum Gasteiger partial charge on any atom is -0.308 e. The number of rotatable bonds is 4. The minimum atomic E-state index is -0.311. The van der Waals surface area contributed by atoms with E-state index in [1.165, 1.54) is 0 Å². The fourth-order valence-corrected chi connectivity index (χ4v) is 3.28. The maximum atomic E-state index is 12.5. The van der Waals surface area contributed by atoms with Crippen molar-refractivity contribution >= 4 is 34.8 Å². The molecule has 0 aromatic heterocycles. The lowest BCUT2D eigenvalue weighted by atomic mass is 9.96. The molecule has 30 heavy (non-hydrogen) atoms. The number of para-hydroxylation sites is 2. The van der Waals surface area contributed by atoms with Gasteiger partial charge >= 0.3 is 12.1 Å². The third kappa shape index (κ3) is 4.78. The number of carbonyl (C=O) groups excluding carboxylic acids is 2. The number of benzene rings is 3. The predicted octanol–water partition coefficient (Wildman–Crippen LogP) is 6.21. The highest BCUT2D eigenvalue weighted by Gasteiger charge is 2.18. The number of hydrogen-bond donors (Lipinski definition) is 4. The first-order chi connectivity index (χ1) is 14.4. The summed E-state index contributed by atoms with van der Waals surface area (Å²) in [5, 5.41) is 11.6. The Morgan fingerprint density at radius 3 is 1.10 bits per heavy atom. The van der Waals surface area contributed by atoms with E-state index >= 15 is 0 Å². The molecule has 0 aliphatic heterocycles. The average molecular weight is 402 g/mol. The molecular formula is C24H26N4O2. The fourth-order valence-electron chi connectivity index (χ4n) is 3.28. The molecule has 0 fully saturated rings. The first-order valence-electron chi connectivity index (χ1n) is 9.73. The van der Waals surface area contributed by atoms with Crippen LogP contribution in [0.3, 0.4) is 0 Å². The first-order valence-corrected chi connectivity index (χ1v) is 9.73. The van der Waals surface area contributed by atoms with E-state index in [-0.39, 0.29) is 12.1 Å². The van der Waals surface area contributed by atoms with Crippen molar-refractivity contribution in [3.8, 4) is 0 Å². The maximum absolute atomic E-state index is 12.5. The molecule has 0 spiro atoms. The molecule has 0 aliphatic rings. The molecule has 0 aliphatic carbocycles. The standard InChI is InChI=1S/C24H26N4O2/c1-15-16(2)22(28-24(30)26-20-13-9-6-10-14-20)18(4)17(3)21(15)27-23(29)25-19-11-7-5-8-12-19/h5-14H,1-4H3,(H2,25,27,29)(H2,26,28,30). The molecule has 0 radical (unpaired) electrons. The van der Waals surface area contributed by atoms with Gasteiger partial charge in [0.2, 0.25) is 0 Å². The summed E-state index contributed by atoms with van der Waals surface area (Å²) in [6, 6.07) is 17.9. The van der Waals surface area contributed by atoms with E-state index in [1.807, 2.05) is 88.4 Å². The van der Waals surface area contributed by atoms with Gasteiger partial charge < -0.3 is 21.3 Å². The number of anilines is 4. The van der Waals surface area contributed by atoms with E-state index in [0.29, 0.717) is 0 Å². The molecule has 4 N–H and O–H groups in total. The molecule has 6 heteroatoms. The Morgan fingerprint density at radius 1 is 0.500 bits per heavy atom. The van der Waals surface area contributed by atoms with E-state index in [2.05, 4.69) is 21.3 Å². The van der Waals surface area contributed by atoms with Gasteiger partial charge in [0.05, 0.1) is 0 Å². The summed E-state index contributed by atoms with van der Waals surface area (Å²) < 4.78 is 0. The van der Waals surface area contributed by atoms with Crippen molar-refractivity contribution in [3.63, 3.8) is 0 Å². The lowest BCUT2D eigenvalue weighted by molar-refractivity contribution is 0.261. The van der Waals surface area contributed by atoms with Gasteiger partial charge in [-0.15, -0.1) is 0 Å². The Hall–Kier alpha value is -3.80. The molecular weight excluding hydrogens is 376 g/mol. The highest BCUT2D eigenvalue weighted by Crippen LogP contribution is 2.34. The summed E-state index contributed by atoms with van der Waals surface area (Å²) in [7, 11) is 0. The van der Waals surface area contributed by atoms with E-state index in [1.54, 1.807) is 0 Å². The zero-order chi connectivity index (χ0) is 21.7. The summed E-state index contributed by atoms with van der Waals surface area (Å²) >= 11 is 0. The van der Waals surface area contributed by atoms with E-state index in [0.717, 1.165) is 45.0 Å². The normalized spacial score (nSPS) is 10.3. The van der Waals surface area contributed by atoms with Crippen molar-refractivity contribution in [2.24, 2.45) is 0 Å². The molecule has 3 aromatic carbocycles. The van der Waals surface area contributed by atoms with Crippen LogP contribution in [0.2, 0.25) is 0 Å². The van der Waals surface area contributed by atoms with E-state index < -0.39 is 0 Å². The highest BCUT2D eigenvalue weighted by atomic mass is 16.2. The lowest BCUT2D eigenvalue weighted by Crippen LogP contribution is -2.23. The van der Waals surface area contributed by atoms with Crippen LogP contribution in [0.4, 0.5) is 32.3 Å². The summed E-state index contributed by atoms with van der Waals surface area (Å²) in [5.41, 5.74) is 6.52. The van der Waals surface area contributed by atoms with E-state index in [9.17, 15) is 9.59 Å². The van der Waals surface area contributed by atoms with Gasteiger partial charge in [-0.1, -0.05) is 36.4 Å². The van der Waals surface area contributed by atoms with Gasteiger partial charge in [-0.2, -0.15) is 0 Å². The van der Waals surface area contributed by atoms with Crippen LogP contribution < -0.4 is 21.3 Å². The number of urea groups is 2. The lowest BCUT2D eigenvalue weighted by Gasteiger charge is -2.21. The van der Waals surface area contributed by atoms with Gasteiger partial charge in [0.15, 0.2) is 0 Å². The third-order valence-corrected chi connectivity index (χ3v) is 5.17. The molecule has 3 aromatic rings. The van der Waals surface area contributed by atoms with E-state index in [4.69, 9.17) is 0 Å². The van der Waals surface area contributed by atoms with Crippen LogP contribution in [0, 0.1) is 27.7 Å². The Balaban J connectivity index is 1.79. The van der Waals surface area contributed by atoms with Gasteiger partial charge in [0, 0.05) is 22.7 Å². The Morgan fingerprint density at radius 2 is 0.800 bits per heavy atom. The van der Waals surface area contributed by atoms with Gasteiger partial charge in [0.1, 0.15) is 0 Å². The minimum absolute atomic E-state index is 0.311. The molecule has 4 amide bonds. The van der Waals surface area contributed by atoms with Crippen LogP contribution >= 0.6 is 0 Å². The molecule has 154 valence electrons. The zero-order valence-electron chi connectivity index (χ0n) is 17.6. The summed E-state index contributed by atoms with van der Waals surface area (Å²) in [6.07, 6.45) is 0. The monoisotopic (exact) mass is 402 g/mol. The van der Waals surface area contributed by atoms with Crippen molar-refractivity contribution in [3.05, 3.63) is 82.9 Å². The molecule has 0 atom stereocenters. The molecule has 0 bridgehead atoms. The van der Waals surface area contributed by atoms with Crippen LogP contribution in [0.1, 0.15) is 22.3 Å². The van der Waals surface area contributed by atoms with Gasteiger partial charge in [-0.25, -0.2) is 9.59 Å². The maximum Gasteiger partial charge on any atom is 0.323 e. The average Bonchev–Trinajstić information content (AvgIpc) is 2.74. The van der Waals surface area contributed by atoms with Gasteiger partial charge in [-0.05, 0) is 74.2 Å². The summed E-state index contributed by atoms with van der Waals surface area (Å²) in [6.45, 7) is 7.72. The van der Waals surface area contributed by atoms with Crippen LogP contribution in [-0.2, 0) is 0 Å². The number of hydrogen-bond acceptors (Lipinski definition) is 2. The Labute approximate surface area is 176 Å². The number of carbonyl (C=O) groups is 2. The van der Waals surface area contributed by atoms with Gasteiger partial charge in [0.25, 0.3) is 0 Å². The molecule has 0 saturated carbocycles. The quantitative estimate of drug-likeness (QED) is 0.418. The Bertz CT molecular complexity index is 948. The molecule has 6 nitrogen and oxygen atoms in total. The third-order valence-electron chi connectivity index (χ3n) is 5.17. The number of nitrogens with one attached hydrogen (secondary N) is 4. The highest BCUT2D eigenvalue weighted by molar-refractivity contribution is 6.03.